The minimum Gasteiger partial charge on any atom is -0.337 e. The van der Waals surface area contributed by atoms with Crippen LogP contribution in [0.5, 0.6) is 0 Å². The molecule has 0 saturated heterocycles. The van der Waals surface area contributed by atoms with Crippen molar-refractivity contribution < 1.29 is 14.4 Å². The number of anilines is 1. The van der Waals surface area contributed by atoms with Gasteiger partial charge in [0.05, 0.1) is 17.6 Å². The van der Waals surface area contributed by atoms with E-state index in [2.05, 4.69) is 5.32 Å². The molecule has 0 fully saturated rings. The maximum absolute atomic E-state index is 11.6. The minimum atomic E-state index is -0.389. The van der Waals surface area contributed by atoms with Gasteiger partial charge in [0.1, 0.15) is 0 Å². The summed E-state index contributed by atoms with van der Waals surface area (Å²) < 4.78 is 1.43. The Labute approximate surface area is 103 Å². The molecule has 0 atom stereocenters. The van der Waals surface area contributed by atoms with Crippen molar-refractivity contribution in [3.8, 4) is 0 Å². The minimum absolute atomic E-state index is 0.0463. The summed E-state index contributed by atoms with van der Waals surface area (Å²) in [6, 6.07) is 3.85. The number of nitrogens with one attached hydrogen (secondary N) is 1. The summed E-state index contributed by atoms with van der Waals surface area (Å²) in [7, 11) is 0. The van der Waals surface area contributed by atoms with Crippen molar-refractivity contribution in [2.45, 2.75) is 20.3 Å². The number of aryl methyl sites for hydroxylation is 1. The summed E-state index contributed by atoms with van der Waals surface area (Å²) in [5.41, 5.74) is 3.46. The van der Waals surface area contributed by atoms with Gasteiger partial charge in [-0.25, -0.2) is 4.79 Å². The predicted molar refractivity (Wildman–Crippen MR) is 66.3 cm³/mol. The molecule has 2 heterocycles. The highest BCUT2D eigenvalue weighted by molar-refractivity contribution is 6.09. The molecule has 2 aromatic rings. The molecule has 1 aliphatic heterocycles. The van der Waals surface area contributed by atoms with E-state index in [4.69, 9.17) is 4.84 Å². The topological polar surface area (TPSA) is 60.3 Å². The first-order valence-electron chi connectivity index (χ1n) is 5.68. The zero-order valence-corrected chi connectivity index (χ0v) is 10.1. The lowest BCUT2D eigenvalue weighted by molar-refractivity contribution is -0.140. The van der Waals surface area contributed by atoms with E-state index >= 15 is 0 Å². The molecular formula is C13H12N2O3. The predicted octanol–water partition coefficient (Wildman–Crippen LogP) is 1.42. The summed E-state index contributed by atoms with van der Waals surface area (Å²) in [5.74, 6) is -0.435. The number of hydrogen-bond donors (Lipinski definition) is 1. The first kappa shape index (κ1) is 10.8. The van der Waals surface area contributed by atoms with Crippen molar-refractivity contribution >= 4 is 28.5 Å². The third kappa shape index (κ3) is 1.55. The number of carbonyl (C=O) groups excluding carboxylic acids is 2. The molecule has 92 valence electrons. The van der Waals surface area contributed by atoms with E-state index in [0.29, 0.717) is 6.42 Å². The molecule has 0 radical (unpaired) electrons. The molecule has 3 rings (SSSR count). The van der Waals surface area contributed by atoms with Crippen LogP contribution in [-0.2, 0) is 16.0 Å². The van der Waals surface area contributed by atoms with Crippen LogP contribution in [0.15, 0.2) is 18.3 Å². The van der Waals surface area contributed by atoms with E-state index in [1.54, 1.807) is 6.20 Å². The lowest BCUT2D eigenvalue weighted by atomic mass is 10.0. The second-order valence-electron chi connectivity index (χ2n) is 4.49. The summed E-state index contributed by atoms with van der Waals surface area (Å²) in [6.07, 6.45) is 2.01. The van der Waals surface area contributed by atoms with Gasteiger partial charge in [-0.2, -0.15) is 4.73 Å². The van der Waals surface area contributed by atoms with Crippen LogP contribution in [0.1, 0.15) is 18.1 Å². The quantitative estimate of drug-likeness (QED) is 0.825. The highest BCUT2D eigenvalue weighted by atomic mass is 16.7. The molecule has 0 aliphatic carbocycles. The molecule has 1 amide bonds. The monoisotopic (exact) mass is 244 g/mol. The number of rotatable bonds is 1. The Morgan fingerprint density at radius 2 is 2.22 bits per heavy atom. The zero-order chi connectivity index (χ0) is 12.9. The van der Waals surface area contributed by atoms with Gasteiger partial charge in [-0.15, -0.1) is 0 Å². The van der Waals surface area contributed by atoms with Crippen molar-refractivity contribution in [3.63, 3.8) is 0 Å². The van der Waals surface area contributed by atoms with E-state index in [0.717, 1.165) is 27.7 Å². The molecular weight excluding hydrogens is 232 g/mol. The smallest absolute Gasteiger partial charge is 0.329 e. The Kier molecular flexibility index (Phi) is 2.16. The molecule has 0 spiro atoms. The zero-order valence-electron chi connectivity index (χ0n) is 10.1. The molecule has 18 heavy (non-hydrogen) atoms. The molecule has 5 heteroatoms. The maximum Gasteiger partial charge on any atom is 0.329 e. The van der Waals surface area contributed by atoms with Gasteiger partial charge in [-0.3, -0.25) is 4.79 Å². The average Bonchev–Trinajstić information content (AvgIpc) is 2.55. The molecule has 5 nitrogen and oxygen atoms in total. The van der Waals surface area contributed by atoms with Gasteiger partial charge in [-0.1, -0.05) is 0 Å². The molecule has 0 unspecified atom stereocenters. The van der Waals surface area contributed by atoms with Crippen molar-refractivity contribution in [1.29, 1.82) is 0 Å². The summed E-state index contributed by atoms with van der Waals surface area (Å²) in [4.78, 5) is 27.8. The van der Waals surface area contributed by atoms with Crippen LogP contribution in [0.2, 0.25) is 0 Å². The summed E-state index contributed by atoms with van der Waals surface area (Å²) >= 11 is 0. The van der Waals surface area contributed by atoms with E-state index in [1.165, 1.54) is 11.7 Å². The molecule has 1 aromatic carbocycles. The van der Waals surface area contributed by atoms with Crippen LogP contribution in [0, 0.1) is 6.92 Å². The van der Waals surface area contributed by atoms with E-state index < -0.39 is 0 Å². The third-order valence-corrected chi connectivity index (χ3v) is 2.95. The largest absolute Gasteiger partial charge is 0.337 e. The SMILES string of the molecule is CC(=O)On1cc2c3c(cc(C)cc31)NC(=O)C2. The Morgan fingerprint density at radius 1 is 1.44 bits per heavy atom. The Balaban J connectivity index is 2.30. The third-order valence-electron chi connectivity index (χ3n) is 2.95. The van der Waals surface area contributed by atoms with Gasteiger partial charge in [0.25, 0.3) is 0 Å². The lowest BCUT2D eigenvalue weighted by Crippen LogP contribution is -2.18. The fourth-order valence-electron chi connectivity index (χ4n) is 2.37. The van der Waals surface area contributed by atoms with Gasteiger partial charge in [0, 0.05) is 18.5 Å². The Hall–Kier alpha value is -2.30. The normalized spacial score (nSPS) is 13.6. The van der Waals surface area contributed by atoms with Crippen molar-refractivity contribution in [1.82, 2.24) is 4.73 Å². The van der Waals surface area contributed by atoms with Crippen LogP contribution in [0.4, 0.5) is 5.69 Å². The summed E-state index contributed by atoms with van der Waals surface area (Å²) in [5, 5.41) is 3.78. The number of aromatic nitrogens is 1. The van der Waals surface area contributed by atoms with Gasteiger partial charge < -0.3 is 10.2 Å². The van der Waals surface area contributed by atoms with Crippen LogP contribution < -0.4 is 10.2 Å². The fourth-order valence-corrected chi connectivity index (χ4v) is 2.37. The molecule has 1 aromatic heterocycles. The summed E-state index contributed by atoms with van der Waals surface area (Å²) in [6.45, 7) is 3.28. The molecule has 0 bridgehead atoms. The van der Waals surface area contributed by atoms with Crippen LogP contribution in [0.3, 0.4) is 0 Å². The highest BCUT2D eigenvalue weighted by Crippen LogP contribution is 2.33. The van der Waals surface area contributed by atoms with Crippen LogP contribution in [-0.4, -0.2) is 16.6 Å². The number of nitrogens with zero attached hydrogens (tertiary/aromatic N) is 1. The van der Waals surface area contributed by atoms with Gasteiger partial charge in [0.15, 0.2) is 0 Å². The van der Waals surface area contributed by atoms with Crippen LogP contribution >= 0.6 is 0 Å². The van der Waals surface area contributed by atoms with Crippen LogP contribution in [0.25, 0.3) is 10.9 Å². The lowest BCUT2D eigenvalue weighted by Gasteiger charge is -2.14. The Morgan fingerprint density at radius 3 is 2.94 bits per heavy atom. The second kappa shape index (κ2) is 3.60. The van der Waals surface area contributed by atoms with Gasteiger partial charge >= 0.3 is 5.97 Å². The second-order valence-corrected chi connectivity index (χ2v) is 4.49. The highest BCUT2D eigenvalue weighted by Gasteiger charge is 2.22. The van der Waals surface area contributed by atoms with Gasteiger partial charge in [0.2, 0.25) is 5.91 Å². The average molecular weight is 244 g/mol. The number of amides is 1. The molecule has 1 aliphatic rings. The van der Waals surface area contributed by atoms with Crippen molar-refractivity contribution in [2.24, 2.45) is 0 Å². The van der Waals surface area contributed by atoms with Crippen molar-refractivity contribution in [3.05, 3.63) is 29.5 Å². The molecule has 1 N–H and O–H groups in total. The maximum atomic E-state index is 11.6. The first-order chi connectivity index (χ1) is 8.54. The number of benzene rings is 1. The number of hydrogen-bond acceptors (Lipinski definition) is 3. The van der Waals surface area contributed by atoms with Gasteiger partial charge in [-0.05, 0) is 30.2 Å². The standard InChI is InChI=1S/C13H12N2O3/c1-7-3-10-13-9(5-12(17)14-10)6-15(11(13)4-7)18-8(2)16/h3-4,6H,5H2,1-2H3,(H,14,17). The fraction of sp³-hybridized carbons (Fsp3) is 0.231. The van der Waals surface area contributed by atoms with E-state index in [1.807, 2.05) is 19.1 Å². The number of carbonyl (C=O) groups is 2. The Bertz CT molecular complexity index is 685. The van der Waals surface area contributed by atoms with Crippen molar-refractivity contribution in [2.75, 3.05) is 5.32 Å². The first-order valence-corrected chi connectivity index (χ1v) is 5.68. The van der Waals surface area contributed by atoms with E-state index in [-0.39, 0.29) is 11.9 Å². The van der Waals surface area contributed by atoms with E-state index in [9.17, 15) is 9.59 Å². The molecule has 0 saturated carbocycles.